The van der Waals surface area contributed by atoms with Crippen molar-refractivity contribution in [2.75, 3.05) is 5.73 Å². The molecular formula is C10H15N5. The predicted octanol–water partition coefficient (Wildman–Crippen LogP) is 0.965. The molecule has 0 saturated carbocycles. The Kier molecular flexibility index (Phi) is 2.22. The summed E-state index contributed by atoms with van der Waals surface area (Å²) in [4.78, 5) is 0. The number of aromatic nitrogens is 4. The second kappa shape index (κ2) is 3.42. The standard InChI is InChI=1S/C10H15N5/c1-4-8-9(13-15(3)10(8)11)7-5-12-14(2)6-7/h5-6H,4,11H2,1-3H3. The van der Waals surface area contributed by atoms with Gasteiger partial charge in [0, 0.05) is 31.4 Å². The maximum Gasteiger partial charge on any atom is 0.125 e. The van der Waals surface area contributed by atoms with Gasteiger partial charge in [-0.1, -0.05) is 6.92 Å². The van der Waals surface area contributed by atoms with Crippen LogP contribution in [-0.2, 0) is 20.5 Å². The minimum Gasteiger partial charge on any atom is -0.384 e. The molecule has 15 heavy (non-hydrogen) atoms. The highest BCUT2D eigenvalue weighted by Crippen LogP contribution is 2.26. The first-order chi connectivity index (χ1) is 7.13. The molecule has 0 saturated heterocycles. The van der Waals surface area contributed by atoms with E-state index in [0.29, 0.717) is 0 Å². The number of anilines is 1. The predicted molar refractivity (Wildman–Crippen MR) is 59.2 cm³/mol. The fraction of sp³-hybridized carbons (Fsp3) is 0.400. The van der Waals surface area contributed by atoms with Crippen molar-refractivity contribution in [3.8, 4) is 11.3 Å². The number of nitrogens with two attached hydrogens (primary N) is 1. The first-order valence-electron chi connectivity index (χ1n) is 4.93. The number of rotatable bonds is 2. The molecule has 0 aliphatic carbocycles. The molecule has 5 nitrogen and oxygen atoms in total. The van der Waals surface area contributed by atoms with E-state index in [1.165, 1.54) is 0 Å². The van der Waals surface area contributed by atoms with Gasteiger partial charge >= 0.3 is 0 Å². The quantitative estimate of drug-likeness (QED) is 0.794. The molecule has 2 aromatic rings. The highest BCUT2D eigenvalue weighted by molar-refractivity contribution is 5.67. The van der Waals surface area contributed by atoms with Gasteiger partial charge in [0.2, 0.25) is 0 Å². The van der Waals surface area contributed by atoms with Crippen molar-refractivity contribution in [1.29, 1.82) is 0 Å². The van der Waals surface area contributed by atoms with Gasteiger partial charge in [-0.2, -0.15) is 10.2 Å². The largest absolute Gasteiger partial charge is 0.384 e. The third-order valence-electron chi connectivity index (χ3n) is 2.53. The first-order valence-corrected chi connectivity index (χ1v) is 4.93. The average molecular weight is 205 g/mol. The van der Waals surface area contributed by atoms with Gasteiger partial charge in [-0.15, -0.1) is 0 Å². The van der Waals surface area contributed by atoms with E-state index in [1.807, 2.05) is 20.3 Å². The van der Waals surface area contributed by atoms with E-state index in [9.17, 15) is 0 Å². The summed E-state index contributed by atoms with van der Waals surface area (Å²) in [6, 6.07) is 0. The van der Waals surface area contributed by atoms with Gasteiger partial charge in [0.1, 0.15) is 11.5 Å². The van der Waals surface area contributed by atoms with Crippen LogP contribution in [0, 0.1) is 0 Å². The summed E-state index contributed by atoms with van der Waals surface area (Å²) in [6.45, 7) is 2.08. The minimum atomic E-state index is 0.733. The smallest absolute Gasteiger partial charge is 0.125 e. The third kappa shape index (κ3) is 1.49. The molecule has 2 rings (SSSR count). The SMILES string of the molecule is CCc1c(-c2cnn(C)c2)nn(C)c1N. The Bertz CT molecular complexity index is 480. The number of nitrogens with zero attached hydrogens (tertiary/aromatic N) is 4. The van der Waals surface area contributed by atoms with Crippen LogP contribution in [0.4, 0.5) is 5.82 Å². The first kappa shape index (κ1) is 9.76. The lowest BCUT2D eigenvalue weighted by Gasteiger charge is -1.96. The number of nitrogen functional groups attached to an aromatic ring is 1. The van der Waals surface area contributed by atoms with Crippen molar-refractivity contribution in [3.05, 3.63) is 18.0 Å². The van der Waals surface area contributed by atoms with Crippen LogP contribution in [0.1, 0.15) is 12.5 Å². The second-order valence-corrected chi connectivity index (χ2v) is 3.59. The van der Waals surface area contributed by atoms with E-state index >= 15 is 0 Å². The molecule has 2 aromatic heterocycles. The van der Waals surface area contributed by atoms with E-state index in [-0.39, 0.29) is 0 Å². The molecular weight excluding hydrogens is 190 g/mol. The summed E-state index contributed by atoms with van der Waals surface area (Å²) >= 11 is 0. The Labute approximate surface area is 88.5 Å². The van der Waals surface area contributed by atoms with Crippen LogP contribution in [0.2, 0.25) is 0 Å². The third-order valence-corrected chi connectivity index (χ3v) is 2.53. The number of hydrogen-bond acceptors (Lipinski definition) is 3. The van der Waals surface area contributed by atoms with E-state index in [1.54, 1.807) is 15.6 Å². The average Bonchev–Trinajstić information content (AvgIpc) is 2.73. The van der Waals surface area contributed by atoms with Crippen LogP contribution in [-0.4, -0.2) is 19.6 Å². The highest BCUT2D eigenvalue weighted by atomic mass is 15.3. The minimum absolute atomic E-state index is 0.733. The molecule has 2 N–H and O–H groups in total. The number of aryl methyl sites for hydroxylation is 2. The van der Waals surface area contributed by atoms with Crippen LogP contribution < -0.4 is 5.73 Å². The number of hydrogen-bond donors (Lipinski definition) is 1. The van der Waals surface area contributed by atoms with Gasteiger partial charge in [0.25, 0.3) is 0 Å². The lowest BCUT2D eigenvalue weighted by atomic mass is 10.1. The fourth-order valence-corrected chi connectivity index (χ4v) is 1.70. The molecule has 0 bridgehead atoms. The maximum absolute atomic E-state index is 5.93. The molecule has 0 amide bonds. The zero-order valence-electron chi connectivity index (χ0n) is 9.23. The van der Waals surface area contributed by atoms with Crippen molar-refractivity contribution in [3.63, 3.8) is 0 Å². The molecule has 0 fully saturated rings. The molecule has 0 spiro atoms. The van der Waals surface area contributed by atoms with E-state index in [4.69, 9.17) is 5.73 Å². The van der Waals surface area contributed by atoms with Crippen molar-refractivity contribution in [1.82, 2.24) is 19.6 Å². The molecule has 0 radical (unpaired) electrons. The van der Waals surface area contributed by atoms with Gasteiger partial charge in [-0.3, -0.25) is 9.36 Å². The summed E-state index contributed by atoms with van der Waals surface area (Å²) in [7, 11) is 3.75. The van der Waals surface area contributed by atoms with Gasteiger partial charge in [0.05, 0.1) is 6.20 Å². The zero-order valence-corrected chi connectivity index (χ0v) is 9.23. The van der Waals surface area contributed by atoms with Crippen molar-refractivity contribution >= 4 is 5.82 Å². The Hall–Kier alpha value is -1.78. The van der Waals surface area contributed by atoms with E-state index in [0.717, 1.165) is 29.1 Å². The highest BCUT2D eigenvalue weighted by Gasteiger charge is 2.14. The van der Waals surface area contributed by atoms with Crippen LogP contribution in [0.15, 0.2) is 12.4 Å². The molecule has 0 aromatic carbocycles. The second-order valence-electron chi connectivity index (χ2n) is 3.59. The lowest BCUT2D eigenvalue weighted by Crippen LogP contribution is -1.98. The van der Waals surface area contributed by atoms with E-state index < -0.39 is 0 Å². The topological polar surface area (TPSA) is 61.7 Å². The van der Waals surface area contributed by atoms with Gasteiger partial charge in [0.15, 0.2) is 0 Å². The van der Waals surface area contributed by atoms with Crippen molar-refractivity contribution < 1.29 is 0 Å². The fourth-order valence-electron chi connectivity index (χ4n) is 1.70. The summed E-state index contributed by atoms with van der Waals surface area (Å²) in [5.41, 5.74) is 8.97. The summed E-state index contributed by atoms with van der Waals surface area (Å²) < 4.78 is 3.47. The summed E-state index contributed by atoms with van der Waals surface area (Å²) in [6.07, 6.45) is 4.63. The monoisotopic (exact) mass is 205 g/mol. The van der Waals surface area contributed by atoms with Crippen LogP contribution >= 0.6 is 0 Å². The molecule has 0 unspecified atom stereocenters. The lowest BCUT2D eigenvalue weighted by molar-refractivity contribution is 0.767. The van der Waals surface area contributed by atoms with Crippen LogP contribution in [0.3, 0.4) is 0 Å². The van der Waals surface area contributed by atoms with Gasteiger partial charge in [-0.05, 0) is 6.42 Å². The Balaban J connectivity index is 2.57. The molecule has 0 aliphatic heterocycles. The van der Waals surface area contributed by atoms with Crippen molar-refractivity contribution in [2.24, 2.45) is 14.1 Å². The van der Waals surface area contributed by atoms with Gasteiger partial charge < -0.3 is 5.73 Å². The normalized spacial score (nSPS) is 10.9. The van der Waals surface area contributed by atoms with E-state index in [2.05, 4.69) is 17.1 Å². The van der Waals surface area contributed by atoms with Crippen LogP contribution in [0.5, 0.6) is 0 Å². The summed E-state index contributed by atoms with van der Waals surface area (Å²) in [5.74, 6) is 0.733. The summed E-state index contributed by atoms with van der Waals surface area (Å²) in [5, 5.41) is 8.54. The Morgan fingerprint density at radius 3 is 2.67 bits per heavy atom. The molecule has 2 heterocycles. The zero-order chi connectivity index (χ0) is 11.0. The Morgan fingerprint density at radius 2 is 2.13 bits per heavy atom. The van der Waals surface area contributed by atoms with Crippen molar-refractivity contribution in [2.45, 2.75) is 13.3 Å². The maximum atomic E-state index is 5.93. The molecule has 5 heteroatoms. The molecule has 0 aliphatic rings. The molecule has 80 valence electrons. The molecule has 0 atom stereocenters. The van der Waals surface area contributed by atoms with Gasteiger partial charge in [-0.25, -0.2) is 0 Å². The Morgan fingerprint density at radius 1 is 1.40 bits per heavy atom. The van der Waals surface area contributed by atoms with Crippen LogP contribution in [0.25, 0.3) is 11.3 Å².